The maximum absolute atomic E-state index is 13.6. The van der Waals surface area contributed by atoms with Gasteiger partial charge in [0.05, 0.1) is 17.7 Å². The highest BCUT2D eigenvalue weighted by atomic mass is 19.1. The minimum atomic E-state index is -2.49. The normalized spacial score (nSPS) is 21.2. The number of nitrogens with zero attached hydrogens (tertiary/aromatic N) is 2. The molecule has 0 amide bonds. The summed E-state index contributed by atoms with van der Waals surface area (Å²) in [6.07, 6.45) is 0.467. The summed E-state index contributed by atoms with van der Waals surface area (Å²) >= 11 is 0. The van der Waals surface area contributed by atoms with E-state index in [1.54, 1.807) is 60.7 Å². The summed E-state index contributed by atoms with van der Waals surface area (Å²) in [5.41, 5.74) is 0.217. The molecular weight excluding hydrogens is 449 g/mol. The van der Waals surface area contributed by atoms with Gasteiger partial charge in [0.1, 0.15) is 17.4 Å². The van der Waals surface area contributed by atoms with Gasteiger partial charge in [-0.1, -0.05) is 55.5 Å². The molecule has 8 heteroatoms. The summed E-state index contributed by atoms with van der Waals surface area (Å²) in [4.78, 5) is 12.8. The van der Waals surface area contributed by atoms with E-state index in [0.29, 0.717) is 40.2 Å². The van der Waals surface area contributed by atoms with Crippen LogP contribution in [0.25, 0.3) is 11.3 Å². The fraction of sp³-hybridized carbons (Fsp3) is 0.185. The maximum Gasteiger partial charge on any atom is 0.360 e. The van der Waals surface area contributed by atoms with E-state index in [2.05, 4.69) is 10.4 Å². The Morgan fingerprint density at radius 1 is 1.06 bits per heavy atom. The number of rotatable bonds is 5. The molecule has 0 radical (unpaired) electrons. The molecule has 0 spiro atoms. The number of carboxylic acids is 1. The van der Waals surface area contributed by atoms with E-state index in [-0.39, 0.29) is 5.75 Å². The largest absolute Gasteiger partial charge is 0.508 e. The number of para-hydroxylation sites is 1. The molecule has 3 unspecified atom stereocenters. The number of aromatic hydroxyl groups is 1. The molecule has 0 saturated heterocycles. The van der Waals surface area contributed by atoms with Crippen LogP contribution in [0.5, 0.6) is 5.75 Å². The molecule has 1 aromatic heterocycles. The Bertz CT molecular complexity index is 1390. The van der Waals surface area contributed by atoms with Gasteiger partial charge in [-0.2, -0.15) is 5.10 Å². The molecule has 35 heavy (non-hydrogen) atoms. The summed E-state index contributed by atoms with van der Waals surface area (Å²) in [7, 11) is 0. The van der Waals surface area contributed by atoms with Gasteiger partial charge in [-0.15, -0.1) is 0 Å². The summed E-state index contributed by atoms with van der Waals surface area (Å²) in [5.74, 6) is -2.63. The van der Waals surface area contributed by atoms with Crippen LogP contribution in [0.4, 0.5) is 10.2 Å². The smallest absolute Gasteiger partial charge is 0.360 e. The number of benzene rings is 3. The molecule has 7 nitrogen and oxygen atoms in total. The quantitative estimate of drug-likeness (QED) is 0.337. The first-order valence-electron chi connectivity index (χ1n) is 11.3. The molecule has 0 bridgehead atoms. The Kier molecular flexibility index (Phi) is 5.53. The minimum Gasteiger partial charge on any atom is -0.508 e. The lowest BCUT2D eigenvalue weighted by molar-refractivity contribution is -0.179. The summed E-state index contributed by atoms with van der Waals surface area (Å²) in [6.45, 7) is 1.89. The number of nitrogens with one attached hydrogen (secondary N) is 1. The Balaban J connectivity index is 1.81. The zero-order valence-electron chi connectivity index (χ0n) is 18.9. The average molecular weight is 474 g/mol. The highest BCUT2D eigenvalue weighted by Gasteiger charge is 2.56. The van der Waals surface area contributed by atoms with Gasteiger partial charge in [0, 0.05) is 16.7 Å². The Hall–Kier alpha value is -4.17. The number of halogens is 1. The summed E-state index contributed by atoms with van der Waals surface area (Å²) in [5, 5.41) is 41.0. The third-order valence-electron chi connectivity index (χ3n) is 6.58. The summed E-state index contributed by atoms with van der Waals surface area (Å²) < 4.78 is 14.7. The number of fused-ring (bicyclic) bond motifs is 1. The Morgan fingerprint density at radius 2 is 1.71 bits per heavy atom. The first kappa shape index (κ1) is 22.6. The molecule has 4 N–H and O–H groups in total. The van der Waals surface area contributed by atoms with Crippen molar-refractivity contribution in [3.8, 4) is 17.0 Å². The molecule has 0 fully saturated rings. The van der Waals surface area contributed by atoms with Crippen LogP contribution in [-0.4, -0.2) is 31.1 Å². The average Bonchev–Trinajstić information content (AvgIpc) is 3.24. The fourth-order valence-corrected chi connectivity index (χ4v) is 4.93. The van der Waals surface area contributed by atoms with Crippen molar-refractivity contribution < 1.29 is 24.5 Å². The lowest BCUT2D eigenvalue weighted by Gasteiger charge is -2.44. The first-order valence-corrected chi connectivity index (χ1v) is 11.3. The third-order valence-corrected chi connectivity index (χ3v) is 6.58. The second-order valence-corrected chi connectivity index (χ2v) is 8.55. The SMILES string of the molecule is CCc1c(-c2ccc(F)cc2)nn2c1NC(c1ccccc1O)C(c1ccccc1)C2(O)C(=O)O. The number of carboxylic acid groups (broad SMARTS) is 1. The lowest BCUT2D eigenvalue weighted by Crippen LogP contribution is -2.54. The number of hydrogen-bond donors (Lipinski definition) is 4. The molecule has 2 heterocycles. The predicted octanol–water partition coefficient (Wildman–Crippen LogP) is 4.64. The van der Waals surface area contributed by atoms with Gasteiger partial charge in [0.15, 0.2) is 0 Å². The highest BCUT2D eigenvalue weighted by Crippen LogP contribution is 2.52. The van der Waals surface area contributed by atoms with E-state index >= 15 is 0 Å². The molecule has 1 aliphatic heterocycles. The van der Waals surface area contributed by atoms with Gasteiger partial charge in [-0.05, 0) is 42.3 Å². The van der Waals surface area contributed by atoms with E-state index in [4.69, 9.17) is 0 Å². The molecule has 178 valence electrons. The molecule has 0 saturated carbocycles. The lowest BCUT2D eigenvalue weighted by atomic mass is 9.77. The molecular formula is C27H24FN3O4. The van der Waals surface area contributed by atoms with E-state index in [1.807, 2.05) is 6.92 Å². The number of aliphatic carboxylic acids is 1. The van der Waals surface area contributed by atoms with E-state index in [1.165, 1.54) is 18.2 Å². The monoisotopic (exact) mass is 473 g/mol. The maximum atomic E-state index is 13.6. The number of carbonyl (C=O) groups is 1. The van der Waals surface area contributed by atoms with Gasteiger partial charge in [-0.3, -0.25) is 0 Å². The van der Waals surface area contributed by atoms with Gasteiger partial charge in [0.25, 0.3) is 5.72 Å². The predicted molar refractivity (Wildman–Crippen MR) is 128 cm³/mol. The van der Waals surface area contributed by atoms with Crippen LogP contribution in [-0.2, 0) is 16.9 Å². The van der Waals surface area contributed by atoms with Crippen molar-refractivity contribution in [1.29, 1.82) is 0 Å². The van der Waals surface area contributed by atoms with E-state index in [0.717, 1.165) is 4.68 Å². The van der Waals surface area contributed by atoms with Crippen molar-refractivity contribution >= 4 is 11.8 Å². The first-order chi connectivity index (χ1) is 16.9. The molecule has 1 aliphatic rings. The van der Waals surface area contributed by atoms with Crippen LogP contribution in [0.3, 0.4) is 0 Å². The van der Waals surface area contributed by atoms with Crippen LogP contribution in [0, 0.1) is 5.82 Å². The fourth-order valence-electron chi connectivity index (χ4n) is 4.93. The van der Waals surface area contributed by atoms with E-state index in [9.17, 15) is 24.5 Å². The highest BCUT2D eigenvalue weighted by molar-refractivity contribution is 5.81. The molecule has 3 aromatic carbocycles. The number of anilines is 1. The number of aliphatic hydroxyl groups is 1. The topological polar surface area (TPSA) is 108 Å². The van der Waals surface area contributed by atoms with Crippen molar-refractivity contribution in [1.82, 2.24) is 9.78 Å². The third kappa shape index (κ3) is 3.54. The number of phenolic OH excluding ortho intramolecular Hbond substituents is 1. The molecule has 3 atom stereocenters. The van der Waals surface area contributed by atoms with Gasteiger partial charge in [0.2, 0.25) is 0 Å². The van der Waals surface area contributed by atoms with Crippen LogP contribution < -0.4 is 5.32 Å². The van der Waals surface area contributed by atoms with Crippen LogP contribution in [0.1, 0.15) is 35.6 Å². The Labute approximate surface area is 201 Å². The van der Waals surface area contributed by atoms with Gasteiger partial charge >= 0.3 is 5.97 Å². The molecule has 0 aliphatic carbocycles. The zero-order chi connectivity index (χ0) is 24.7. The second kappa shape index (κ2) is 8.56. The minimum absolute atomic E-state index is 0.0246. The Morgan fingerprint density at radius 3 is 2.34 bits per heavy atom. The van der Waals surface area contributed by atoms with E-state index < -0.39 is 29.5 Å². The van der Waals surface area contributed by atoms with Gasteiger partial charge < -0.3 is 20.6 Å². The second-order valence-electron chi connectivity index (χ2n) is 8.55. The van der Waals surface area contributed by atoms with Gasteiger partial charge in [-0.25, -0.2) is 13.9 Å². The van der Waals surface area contributed by atoms with Crippen LogP contribution in [0.2, 0.25) is 0 Å². The van der Waals surface area contributed by atoms with Crippen molar-refractivity contribution in [3.05, 3.63) is 101 Å². The van der Waals surface area contributed by atoms with Crippen molar-refractivity contribution in [2.75, 3.05) is 5.32 Å². The van der Waals surface area contributed by atoms with Crippen molar-refractivity contribution in [2.45, 2.75) is 31.0 Å². The van der Waals surface area contributed by atoms with Crippen molar-refractivity contribution in [3.63, 3.8) is 0 Å². The molecule has 5 rings (SSSR count). The number of aromatic nitrogens is 2. The zero-order valence-corrected chi connectivity index (χ0v) is 18.9. The van der Waals surface area contributed by atoms with Crippen molar-refractivity contribution in [2.24, 2.45) is 0 Å². The number of hydrogen-bond acceptors (Lipinski definition) is 5. The van der Waals surface area contributed by atoms with Crippen LogP contribution in [0.15, 0.2) is 78.9 Å². The molecule has 4 aromatic rings. The van der Waals surface area contributed by atoms with Crippen LogP contribution >= 0.6 is 0 Å². The summed E-state index contributed by atoms with van der Waals surface area (Å²) in [6, 6.07) is 20.4. The standard InChI is InChI=1S/C27H24FN3O4/c1-2-19-23(17-12-14-18(28)15-13-17)30-31-25(19)29-24(20-10-6-7-11-21(20)32)22(27(31,35)26(33)34)16-8-4-3-5-9-16/h3-15,22,24,29,32,35H,2H2,1H3,(H,33,34). The number of phenols is 1.